The largest absolute Gasteiger partial charge is 0.378 e. The summed E-state index contributed by atoms with van der Waals surface area (Å²) in [6.45, 7) is 0.834. The first-order chi connectivity index (χ1) is 14.8. The Morgan fingerprint density at radius 3 is 2.39 bits per heavy atom. The van der Waals surface area contributed by atoms with Gasteiger partial charge in [-0.25, -0.2) is 4.39 Å². The first-order valence-corrected chi connectivity index (χ1v) is 10.3. The van der Waals surface area contributed by atoms with Gasteiger partial charge < -0.3 is 20.0 Å². The Morgan fingerprint density at radius 2 is 1.74 bits per heavy atom. The van der Waals surface area contributed by atoms with Gasteiger partial charge in [-0.05, 0) is 42.0 Å². The van der Waals surface area contributed by atoms with Gasteiger partial charge in [0.25, 0.3) is 5.91 Å². The molecule has 0 saturated carbocycles. The molecular formula is C23H25FN4O3. The van der Waals surface area contributed by atoms with Gasteiger partial charge in [0, 0.05) is 44.9 Å². The van der Waals surface area contributed by atoms with E-state index in [1.54, 1.807) is 34.1 Å². The fourth-order valence-corrected chi connectivity index (χ4v) is 4.06. The van der Waals surface area contributed by atoms with Gasteiger partial charge in [0.2, 0.25) is 11.8 Å². The molecule has 0 unspecified atom stereocenters. The van der Waals surface area contributed by atoms with Crippen molar-refractivity contribution in [2.75, 3.05) is 38.6 Å². The SMILES string of the molecule is CN(C)c1ccc(C(=O)N2CCN3C(=O)[C@H](Cc4ccc(F)cc4)NC(=O)[C@H]3C2)cc1. The number of amides is 3. The summed E-state index contributed by atoms with van der Waals surface area (Å²) in [4.78, 5) is 43.8. The minimum Gasteiger partial charge on any atom is -0.378 e. The van der Waals surface area contributed by atoms with Crippen LogP contribution in [0.3, 0.4) is 0 Å². The smallest absolute Gasteiger partial charge is 0.254 e. The summed E-state index contributed by atoms with van der Waals surface area (Å²) in [5.74, 6) is -0.942. The van der Waals surface area contributed by atoms with Gasteiger partial charge >= 0.3 is 0 Å². The topological polar surface area (TPSA) is 73.0 Å². The van der Waals surface area contributed by atoms with E-state index in [0.29, 0.717) is 25.1 Å². The summed E-state index contributed by atoms with van der Waals surface area (Å²) in [5, 5.41) is 2.78. The normalized spacial score (nSPS) is 20.9. The lowest BCUT2D eigenvalue weighted by Gasteiger charge is -2.45. The molecule has 2 fully saturated rings. The van der Waals surface area contributed by atoms with E-state index in [4.69, 9.17) is 0 Å². The van der Waals surface area contributed by atoms with Gasteiger partial charge in [-0.15, -0.1) is 0 Å². The second kappa shape index (κ2) is 8.37. The van der Waals surface area contributed by atoms with Crippen LogP contribution in [0, 0.1) is 5.82 Å². The van der Waals surface area contributed by atoms with Gasteiger partial charge in [0.1, 0.15) is 17.9 Å². The highest BCUT2D eigenvalue weighted by Gasteiger charge is 2.44. The lowest BCUT2D eigenvalue weighted by Crippen LogP contribution is -2.70. The van der Waals surface area contributed by atoms with Crippen molar-refractivity contribution in [3.05, 3.63) is 65.5 Å². The molecule has 2 aromatic carbocycles. The van der Waals surface area contributed by atoms with Crippen molar-refractivity contribution >= 4 is 23.4 Å². The van der Waals surface area contributed by atoms with Crippen LogP contribution in [0.25, 0.3) is 0 Å². The molecule has 0 spiro atoms. The van der Waals surface area contributed by atoms with Crippen molar-refractivity contribution in [3.63, 3.8) is 0 Å². The summed E-state index contributed by atoms with van der Waals surface area (Å²) < 4.78 is 13.1. The number of anilines is 1. The monoisotopic (exact) mass is 424 g/mol. The van der Waals surface area contributed by atoms with E-state index in [-0.39, 0.29) is 30.1 Å². The van der Waals surface area contributed by atoms with E-state index in [1.165, 1.54) is 12.1 Å². The molecule has 3 amide bonds. The van der Waals surface area contributed by atoms with Crippen molar-refractivity contribution in [1.29, 1.82) is 0 Å². The van der Waals surface area contributed by atoms with Crippen LogP contribution < -0.4 is 10.2 Å². The van der Waals surface area contributed by atoms with Crippen LogP contribution in [-0.2, 0) is 16.0 Å². The Bertz CT molecular complexity index is 991. The van der Waals surface area contributed by atoms with Crippen molar-refractivity contribution < 1.29 is 18.8 Å². The third kappa shape index (κ3) is 4.23. The van der Waals surface area contributed by atoms with Gasteiger partial charge in [0.05, 0.1) is 6.54 Å². The van der Waals surface area contributed by atoms with E-state index in [9.17, 15) is 18.8 Å². The number of halogens is 1. The lowest BCUT2D eigenvalue weighted by molar-refractivity contribution is -0.152. The van der Waals surface area contributed by atoms with Crippen LogP contribution in [0.5, 0.6) is 0 Å². The number of piperazine rings is 2. The van der Waals surface area contributed by atoms with Gasteiger partial charge in [0.15, 0.2) is 0 Å². The number of hydrogen-bond donors (Lipinski definition) is 1. The van der Waals surface area contributed by atoms with Crippen molar-refractivity contribution in [3.8, 4) is 0 Å². The molecule has 0 aliphatic carbocycles. The van der Waals surface area contributed by atoms with E-state index >= 15 is 0 Å². The van der Waals surface area contributed by atoms with Gasteiger partial charge in [-0.1, -0.05) is 12.1 Å². The Hall–Kier alpha value is -3.42. The van der Waals surface area contributed by atoms with Crippen molar-refractivity contribution in [1.82, 2.24) is 15.1 Å². The Morgan fingerprint density at radius 1 is 1.06 bits per heavy atom. The summed E-state index contributed by atoms with van der Waals surface area (Å²) in [7, 11) is 3.86. The van der Waals surface area contributed by atoms with Crippen LogP contribution in [-0.4, -0.2) is 73.3 Å². The molecule has 0 aromatic heterocycles. The molecule has 2 saturated heterocycles. The minimum absolute atomic E-state index is 0.154. The van der Waals surface area contributed by atoms with E-state index in [2.05, 4.69) is 5.32 Å². The number of carbonyl (C=O) groups excluding carboxylic acids is 3. The standard InChI is InChI=1S/C23H25FN4O3/c1-26(2)18-9-5-16(6-10-18)22(30)27-11-12-28-20(14-27)21(29)25-19(23(28)31)13-15-3-7-17(24)8-4-15/h3-10,19-20H,11-14H2,1-2H3,(H,25,29)/t19-,20+/m0/s1. The number of hydrogen-bond acceptors (Lipinski definition) is 4. The molecule has 0 radical (unpaired) electrons. The summed E-state index contributed by atoms with van der Waals surface area (Å²) in [6, 6.07) is 11.8. The summed E-state index contributed by atoms with van der Waals surface area (Å²) in [5.41, 5.74) is 2.31. The minimum atomic E-state index is -0.698. The average Bonchev–Trinajstić information content (AvgIpc) is 2.78. The molecule has 8 heteroatoms. The second-order valence-electron chi connectivity index (χ2n) is 8.13. The highest BCUT2D eigenvalue weighted by atomic mass is 19.1. The third-order valence-corrected chi connectivity index (χ3v) is 5.85. The highest BCUT2D eigenvalue weighted by Crippen LogP contribution is 2.21. The maximum Gasteiger partial charge on any atom is 0.254 e. The molecular weight excluding hydrogens is 399 g/mol. The number of carbonyl (C=O) groups is 3. The molecule has 2 aliphatic heterocycles. The molecule has 2 aliphatic rings. The fourth-order valence-electron chi connectivity index (χ4n) is 4.06. The number of nitrogens with one attached hydrogen (secondary N) is 1. The van der Waals surface area contributed by atoms with E-state index in [1.807, 2.05) is 31.1 Å². The quantitative estimate of drug-likeness (QED) is 0.803. The zero-order valence-corrected chi connectivity index (χ0v) is 17.5. The zero-order chi connectivity index (χ0) is 22.1. The van der Waals surface area contributed by atoms with Crippen LogP contribution in [0.15, 0.2) is 48.5 Å². The van der Waals surface area contributed by atoms with Crippen LogP contribution in [0.2, 0.25) is 0 Å². The van der Waals surface area contributed by atoms with Crippen LogP contribution >= 0.6 is 0 Å². The fraction of sp³-hybridized carbons (Fsp3) is 0.348. The maximum absolute atomic E-state index is 13.1. The Kier molecular flexibility index (Phi) is 5.63. The molecule has 2 aromatic rings. The van der Waals surface area contributed by atoms with E-state index in [0.717, 1.165) is 11.3 Å². The summed E-state index contributed by atoms with van der Waals surface area (Å²) >= 11 is 0. The molecule has 31 heavy (non-hydrogen) atoms. The zero-order valence-electron chi connectivity index (χ0n) is 17.5. The van der Waals surface area contributed by atoms with E-state index < -0.39 is 12.1 Å². The molecule has 4 rings (SSSR count). The Labute approximate surface area is 180 Å². The Balaban J connectivity index is 1.43. The molecule has 2 atom stereocenters. The van der Waals surface area contributed by atoms with Gasteiger partial charge in [-0.2, -0.15) is 0 Å². The lowest BCUT2D eigenvalue weighted by atomic mass is 9.98. The second-order valence-corrected chi connectivity index (χ2v) is 8.13. The van der Waals surface area contributed by atoms with Crippen LogP contribution in [0.1, 0.15) is 15.9 Å². The predicted octanol–water partition coefficient (Wildman–Crippen LogP) is 1.29. The first kappa shape index (κ1) is 20.8. The average molecular weight is 424 g/mol. The predicted molar refractivity (Wildman–Crippen MR) is 114 cm³/mol. The molecule has 7 nitrogen and oxygen atoms in total. The van der Waals surface area contributed by atoms with Crippen molar-refractivity contribution in [2.24, 2.45) is 0 Å². The van der Waals surface area contributed by atoms with Gasteiger partial charge in [-0.3, -0.25) is 14.4 Å². The molecule has 0 bridgehead atoms. The van der Waals surface area contributed by atoms with Crippen molar-refractivity contribution in [2.45, 2.75) is 18.5 Å². The third-order valence-electron chi connectivity index (χ3n) is 5.85. The number of fused-ring (bicyclic) bond motifs is 1. The molecule has 2 heterocycles. The highest BCUT2D eigenvalue weighted by molar-refractivity contribution is 5.99. The maximum atomic E-state index is 13.1. The first-order valence-electron chi connectivity index (χ1n) is 10.3. The number of rotatable bonds is 4. The number of nitrogens with zero attached hydrogens (tertiary/aromatic N) is 3. The molecule has 1 N–H and O–H groups in total. The summed E-state index contributed by atoms with van der Waals surface area (Å²) in [6.07, 6.45) is 0.301. The number of benzene rings is 2. The van der Waals surface area contributed by atoms with Crippen LogP contribution in [0.4, 0.5) is 10.1 Å². The molecule has 162 valence electrons.